The Hall–Kier alpha value is -0.910. The first-order chi connectivity index (χ1) is 8.63. The monoisotopic (exact) mass is 315 g/mol. The van der Waals surface area contributed by atoms with E-state index >= 15 is 0 Å². The molecular weight excluding hydrogens is 298 g/mol. The molecule has 0 fully saturated rings. The van der Waals surface area contributed by atoms with E-state index in [0.29, 0.717) is 13.2 Å². The molecule has 1 amide bonds. The van der Waals surface area contributed by atoms with Gasteiger partial charge in [0.1, 0.15) is 6.61 Å². The molecule has 1 aromatic carbocycles. The van der Waals surface area contributed by atoms with Gasteiger partial charge >= 0.3 is 0 Å². The van der Waals surface area contributed by atoms with Gasteiger partial charge in [-0.3, -0.25) is 4.79 Å². The minimum atomic E-state index is -0.126. The topological polar surface area (TPSA) is 47.6 Å². The molecule has 100 valence electrons. The van der Waals surface area contributed by atoms with Crippen LogP contribution < -0.4 is 5.32 Å². The Labute approximate surface area is 116 Å². The smallest absolute Gasteiger partial charge is 0.246 e. The molecular formula is C13H18BrNO3. The van der Waals surface area contributed by atoms with Gasteiger partial charge in [0.15, 0.2) is 0 Å². The Balaban J connectivity index is 2.35. The van der Waals surface area contributed by atoms with Crippen molar-refractivity contribution in [3.05, 3.63) is 34.3 Å². The van der Waals surface area contributed by atoms with Crippen LogP contribution in [0.25, 0.3) is 0 Å². The van der Waals surface area contributed by atoms with E-state index in [1.165, 1.54) is 0 Å². The molecule has 0 bridgehead atoms. The molecule has 18 heavy (non-hydrogen) atoms. The van der Waals surface area contributed by atoms with E-state index in [9.17, 15) is 4.79 Å². The maximum atomic E-state index is 11.6. The van der Waals surface area contributed by atoms with E-state index in [1.54, 1.807) is 7.11 Å². The number of carbonyl (C=O) groups excluding carboxylic acids is 1. The highest BCUT2D eigenvalue weighted by atomic mass is 79.9. The number of amides is 1. The molecule has 0 aliphatic heterocycles. The van der Waals surface area contributed by atoms with Crippen LogP contribution in [0.3, 0.4) is 0 Å². The van der Waals surface area contributed by atoms with E-state index in [-0.39, 0.29) is 18.6 Å². The number of hydrogen-bond acceptors (Lipinski definition) is 3. The molecule has 0 spiro atoms. The van der Waals surface area contributed by atoms with Gasteiger partial charge in [-0.1, -0.05) is 28.1 Å². The van der Waals surface area contributed by atoms with Crippen LogP contribution in [0.2, 0.25) is 0 Å². The summed E-state index contributed by atoms with van der Waals surface area (Å²) in [5.74, 6) is -0.126. The minimum absolute atomic E-state index is 0.0407. The van der Waals surface area contributed by atoms with Crippen LogP contribution in [0.15, 0.2) is 28.7 Å². The molecule has 4 nitrogen and oxygen atoms in total. The van der Waals surface area contributed by atoms with Crippen molar-refractivity contribution in [1.29, 1.82) is 0 Å². The second-order valence-corrected chi connectivity index (χ2v) is 4.81. The molecule has 0 radical (unpaired) electrons. The van der Waals surface area contributed by atoms with E-state index < -0.39 is 0 Å². The number of nitrogens with one attached hydrogen (secondary N) is 1. The van der Waals surface area contributed by atoms with Crippen molar-refractivity contribution < 1.29 is 14.3 Å². The summed E-state index contributed by atoms with van der Waals surface area (Å²) >= 11 is 3.40. The summed E-state index contributed by atoms with van der Waals surface area (Å²) in [5.41, 5.74) is 1.05. The summed E-state index contributed by atoms with van der Waals surface area (Å²) in [5, 5.41) is 2.87. The molecule has 0 saturated heterocycles. The molecule has 0 aromatic heterocycles. The molecule has 1 atom stereocenters. The van der Waals surface area contributed by atoms with Crippen molar-refractivity contribution in [3.63, 3.8) is 0 Å². The third kappa shape index (κ3) is 5.62. The number of ether oxygens (including phenoxy) is 2. The van der Waals surface area contributed by atoms with Gasteiger partial charge in [0, 0.05) is 11.6 Å². The van der Waals surface area contributed by atoms with Gasteiger partial charge in [-0.25, -0.2) is 0 Å². The Kier molecular flexibility index (Phi) is 6.93. The number of halogens is 1. The Morgan fingerprint density at radius 2 is 2.22 bits per heavy atom. The van der Waals surface area contributed by atoms with Crippen molar-refractivity contribution in [2.24, 2.45) is 0 Å². The second kappa shape index (κ2) is 8.24. The zero-order valence-corrected chi connectivity index (χ0v) is 12.2. The standard InChI is InChI=1S/C13H18BrNO3/c1-10(11-4-3-5-12(14)8-11)15-13(16)9-18-7-6-17-2/h3-5,8,10H,6-7,9H2,1-2H3,(H,15,16). The van der Waals surface area contributed by atoms with Gasteiger partial charge in [-0.15, -0.1) is 0 Å². The first kappa shape index (κ1) is 15.1. The van der Waals surface area contributed by atoms with Gasteiger partial charge < -0.3 is 14.8 Å². The lowest BCUT2D eigenvalue weighted by Crippen LogP contribution is -2.30. The average Bonchev–Trinajstić information content (AvgIpc) is 2.34. The van der Waals surface area contributed by atoms with Crippen LogP contribution >= 0.6 is 15.9 Å². The van der Waals surface area contributed by atoms with Gasteiger partial charge in [0.25, 0.3) is 0 Å². The zero-order chi connectivity index (χ0) is 13.4. The third-order valence-corrected chi connectivity index (χ3v) is 2.88. The number of carbonyl (C=O) groups is 1. The lowest BCUT2D eigenvalue weighted by molar-refractivity contribution is -0.126. The quantitative estimate of drug-likeness (QED) is 0.785. The van der Waals surface area contributed by atoms with Crippen molar-refractivity contribution in [2.75, 3.05) is 26.9 Å². The predicted molar refractivity (Wildman–Crippen MR) is 73.4 cm³/mol. The fourth-order valence-electron chi connectivity index (χ4n) is 1.45. The van der Waals surface area contributed by atoms with Crippen LogP contribution in [-0.4, -0.2) is 32.8 Å². The Morgan fingerprint density at radius 3 is 2.89 bits per heavy atom. The molecule has 1 aromatic rings. The molecule has 5 heteroatoms. The highest BCUT2D eigenvalue weighted by Gasteiger charge is 2.09. The molecule has 1 N–H and O–H groups in total. The summed E-state index contributed by atoms with van der Waals surface area (Å²) in [4.78, 5) is 11.6. The maximum Gasteiger partial charge on any atom is 0.246 e. The summed E-state index contributed by atoms with van der Waals surface area (Å²) in [6.45, 7) is 2.92. The summed E-state index contributed by atoms with van der Waals surface area (Å²) in [7, 11) is 1.60. The molecule has 0 aliphatic rings. The first-order valence-corrected chi connectivity index (χ1v) is 6.54. The van der Waals surface area contributed by atoms with E-state index in [2.05, 4.69) is 21.2 Å². The van der Waals surface area contributed by atoms with E-state index in [4.69, 9.17) is 9.47 Å². The maximum absolute atomic E-state index is 11.6. The van der Waals surface area contributed by atoms with Gasteiger partial charge in [-0.05, 0) is 24.6 Å². The van der Waals surface area contributed by atoms with Crippen LogP contribution in [-0.2, 0) is 14.3 Å². The largest absolute Gasteiger partial charge is 0.382 e. The van der Waals surface area contributed by atoms with Crippen LogP contribution in [0, 0.1) is 0 Å². The second-order valence-electron chi connectivity index (χ2n) is 3.89. The lowest BCUT2D eigenvalue weighted by atomic mass is 10.1. The number of methoxy groups -OCH3 is 1. The number of benzene rings is 1. The first-order valence-electron chi connectivity index (χ1n) is 5.75. The Bertz CT molecular complexity index is 384. The predicted octanol–water partition coefficient (Wildman–Crippen LogP) is 2.29. The lowest BCUT2D eigenvalue weighted by Gasteiger charge is -2.14. The van der Waals surface area contributed by atoms with Gasteiger partial charge in [0.2, 0.25) is 5.91 Å². The molecule has 0 saturated carbocycles. The fraction of sp³-hybridized carbons (Fsp3) is 0.462. The molecule has 1 rings (SSSR count). The normalized spacial score (nSPS) is 12.2. The average molecular weight is 316 g/mol. The summed E-state index contributed by atoms with van der Waals surface area (Å²) in [6, 6.07) is 7.81. The van der Waals surface area contributed by atoms with Crippen LogP contribution in [0.1, 0.15) is 18.5 Å². The van der Waals surface area contributed by atoms with E-state index in [0.717, 1.165) is 10.0 Å². The van der Waals surface area contributed by atoms with Crippen LogP contribution in [0.5, 0.6) is 0 Å². The molecule has 0 aliphatic carbocycles. The van der Waals surface area contributed by atoms with E-state index in [1.807, 2.05) is 31.2 Å². The summed E-state index contributed by atoms with van der Waals surface area (Å²) < 4.78 is 11.0. The molecule has 0 heterocycles. The van der Waals surface area contributed by atoms with Crippen molar-refractivity contribution in [1.82, 2.24) is 5.32 Å². The van der Waals surface area contributed by atoms with Gasteiger partial charge in [-0.2, -0.15) is 0 Å². The van der Waals surface area contributed by atoms with Crippen LogP contribution in [0.4, 0.5) is 0 Å². The SMILES string of the molecule is COCCOCC(=O)NC(C)c1cccc(Br)c1. The fourth-order valence-corrected chi connectivity index (χ4v) is 1.87. The minimum Gasteiger partial charge on any atom is -0.382 e. The number of hydrogen-bond donors (Lipinski definition) is 1. The number of rotatable bonds is 7. The van der Waals surface area contributed by atoms with Crippen molar-refractivity contribution in [3.8, 4) is 0 Å². The van der Waals surface area contributed by atoms with Crippen molar-refractivity contribution in [2.45, 2.75) is 13.0 Å². The zero-order valence-electron chi connectivity index (χ0n) is 10.6. The third-order valence-electron chi connectivity index (χ3n) is 2.39. The Morgan fingerprint density at radius 1 is 1.44 bits per heavy atom. The molecule has 1 unspecified atom stereocenters. The highest BCUT2D eigenvalue weighted by Crippen LogP contribution is 2.17. The highest BCUT2D eigenvalue weighted by molar-refractivity contribution is 9.10. The summed E-state index contributed by atoms with van der Waals surface area (Å²) in [6.07, 6.45) is 0. The van der Waals surface area contributed by atoms with Crippen molar-refractivity contribution >= 4 is 21.8 Å². The van der Waals surface area contributed by atoms with Gasteiger partial charge in [0.05, 0.1) is 19.3 Å².